The molecule has 0 saturated carbocycles. The van der Waals surface area contributed by atoms with Crippen LogP contribution < -0.4 is 10.2 Å². The highest BCUT2D eigenvalue weighted by molar-refractivity contribution is 7.14. The number of nitrogens with zero attached hydrogens (tertiary/aromatic N) is 2. The lowest BCUT2D eigenvalue weighted by atomic mass is 10.1. The number of anilines is 3. The van der Waals surface area contributed by atoms with Crippen LogP contribution in [0.4, 0.5) is 16.5 Å². The Bertz CT molecular complexity index is 815. The maximum atomic E-state index is 4.74. The van der Waals surface area contributed by atoms with Crippen LogP contribution in [-0.4, -0.2) is 18.1 Å². The molecular weight excluding hydrogens is 326 g/mol. The second-order valence-corrected chi connectivity index (χ2v) is 7.31. The number of benzene rings is 2. The zero-order valence-corrected chi connectivity index (χ0v) is 15.4. The second kappa shape index (κ2) is 7.28. The summed E-state index contributed by atoms with van der Waals surface area (Å²) in [5.41, 5.74) is 5.97. The van der Waals surface area contributed by atoms with E-state index in [0.29, 0.717) is 0 Å². The van der Waals surface area contributed by atoms with Crippen molar-refractivity contribution in [3.05, 3.63) is 59.5 Å². The average Bonchev–Trinajstić information content (AvgIpc) is 3.35. The van der Waals surface area contributed by atoms with Gasteiger partial charge in [0.15, 0.2) is 5.13 Å². The zero-order chi connectivity index (χ0) is 17.1. The summed E-state index contributed by atoms with van der Waals surface area (Å²) in [5.74, 6) is 0. The van der Waals surface area contributed by atoms with E-state index in [2.05, 4.69) is 71.1 Å². The quantitative estimate of drug-likeness (QED) is 0.639. The van der Waals surface area contributed by atoms with Crippen LogP contribution in [0.25, 0.3) is 11.3 Å². The maximum absolute atomic E-state index is 4.74. The lowest BCUT2D eigenvalue weighted by molar-refractivity contribution is 0.949. The minimum atomic E-state index is 0.933. The topological polar surface area (TPSA) is 28.2 Å². The van der Waals surface area contributed by atoms with Crippen LogP contribution in [0.15, 0.2) is 53.9 Å². The van der Waals surface area contributed by atoms with E-state index < -0.39 is 0 Å². The van der Waals surface area contributed by atoms with Gasteiger partial charge in [0, 0.05) is 35.4 Å². The molecule has 0 bridgehead atoms. The zero-order valence-electron chi connectivity index (χ0n) is 14.5. The molecular formula is C21H23N3S. The number of nitrogens with one attached hydrogen (secondary N) is 1. The van der Waals surface area contributed by atoms with Crippen molar-refractivity contribution in [3.8, 4) is 11.3 Å². The highest BCUT2D eigenvalue weighted by atomic mass is 32.1. The molecule has 3 nitrogen and oxygen atoms in total. The third-order valence-corrected chi connectivity index (χ3v) is 5.51. The van der Waals surface area contributed by atoms with Gasteiger partial charge in [-0.05, 0) is 49.1 Å². The summed E-state index contributed by atoms with van der Waals surface area (Å²) in [6.45, 7) is 4.53. The first-order valence-electron chi connectivity index (χ1n) is 8.99. The third-order valence-electron chi connectivity index (χ3n) is 4.75. The van der Waals surface area contributed by atoms with Gasteiger partial charge in [0.25, 0.3) is 0 Å². The van der Waals surface area contributed by atoms with Crippen LogP contribution in [-0.2, 0) is 6.42 Å². The van der Waals surface area contributed by atoms with Crippen LogP contribution in [0.3, 0.4) is 0 Å². The Morgan fingerprint density at radius 2 is 1.72 bits per heavy atom. The number of aryl methyl sites for hydroxylation is 1. The molecule has 1 N–H and O–H groups in total. The molecule has 1 aliphatic heterocycles. The van der Waals surface area contributed by atoms with E-state index >= 15 is 0 Å². The fourth-order valence-electron chi connectivity index (χ4n) is 3.23. The van der Waals surface area contributed by atoms with Crippen LogP contribution >= 0.6 is 11.3 Å². The van der Waals surface area contributed by atoms with Gasteiger partial charge in [-0.3, -0.25) is 0 Å². The second-order valence-electron chi connectivity index (χ2n) is 6.45. The molecule has 0 spiro atoms. The van der Waals surface area contributed by atoms with Crippen molar-refractivity contribution in [2.45, 2.75) is 26.2 Å². The van der Waals surface area contributed by atoms with E-state index in [1.165, 1.54) is 42.7 Å². The maximum Gasteiger partial charge on any atom is 0.187 e. The normalized spacial score (nSPS) is 14.0. The summed E-state index contributed by atoms with van der Waals surface area (Å²) in [5, 5.41) is 6.45. The molecule has 0 aliphatic carbocycles. The summed E-state index contributed by atoms with van der Waals surface area (Å²) in [6, 6.07) is 17.4. The number of hydrogen-bond donors (Lipinski definition) is 1. The van der Waals surface area contributed by atoms with Crippen LogP contribution in [0.1, 0.15) is 25.3 Å². The Kier molecular flexibility index (Phi) is 4.70. The molecule has 2 heterocycles. The molecule has 1 saturated heterocycles. The Morgan fingerprint density at radius 1 is 1.00 bits per heavy atom. The summed E-state index contributed by atoms with van der Waals surface area (Å²) < 4.78 is 0. The van der Waals surface area contributed by atoms with Crippen molar-refractivity contribution in [1.29, 1.82) is 0 Å². The Balaban J connectivity index is 1.46. The van der Waals surface area contributed by atoms with E-state index in [4.69, 9.17) is 4.98 Å². The molecule has 128 valence electrons. The number of thiazole rings is 1. The van der Waals surface area contributed by atoms with E-state index in [0.717, 1.165) is 22.9 Å². The Morgan fingerprint density at radius 3 is 2.40 bits per heavy atom. The van der Waals surface area contributed by atoms with Crippen molar-refractivity contribution in [1.82, 2.24) is 4.98 Å². The van der Waals surface area contributed by atoms with E-state index in [1.54, 1.807) is 11.3 Å². The van der Waals surface area contributed by atoms with Gasteiger partial charge in [-0.15, -0.1) is 11.3 Å². The van der Waals surface area contributed by atoms with Gasteiger partial charge in [0.1, 0.15) is 0 Å². The van der Waals surface area contributed by atoms with Crippen LogP contribution in [0.5, 0.6) is 0 Å². The summed E-state index contributed by atoms with van der Waals surface area (Å²) in [6.07, 6.45) is 3.68. The van der Waals surface area contributed by atoms with Crippen molar-refractivity contribution < 1.29 is 0 Å². The van der Waals surface area contributed by atoms with E-state index in [-0.39, 0.29) is 0 Å². The van der Waals surface area contributed by atoms with Crippen molar-refractivity contribution >= 4 is 27.8 Å². The van der Waals surface area contributed by atoms with Gasteiger partial charge in [-0.25, -0.2) is 4.98 Å². The molecule has 2 aromatic carbocycles. The standard InChI is InChI=1S/C21H23N3S/c1-2-16-5-9-18(10-6-16)22-21-23-20(15-25-21)17-7-11-19(12-8-17)24-13-3-4-14-24/h5-12,15H,2-4,13-14H2,1H3,(H,22,23). The Hall–Kier alpha value is -2.33. The SMILES string of the molecule is CCc1ccc(Nc2nc(-c3ccc(N4CCCC4)cc3)cs2)cc1. The van der Waals surface area contributed by atoms with Crippen molar-refractivity contribution in [2.75, 3.05) is 23.3 Å². The molecule has 3 aromatic rings. The number of hydrogen-bond acceptors (Lipinski definition) is 4. The summed E-state index contributed by atoms with van der Waals surface area (Å²) in [4.78, 5) is 7.20. The lowest BCUT2D eigenvalue weighted by Gasteiger charge is -2.17. The Labute approximate surface area is 153 Å². The molecule has 1 aromatic heterocycles. The molecule has 25 heavy (non-hydrogen) atoms. The average molecular weight is 350 g/mol. The molecule has 0 unspecified atom stereocenters. The minimum Gasteiger partial charge on any atom is -0.372 e. The first-order chi connectivity index (χ1) is 12.3. The first-order valence-corrected chi connectivity index (χ1v) is 9.86. The summed E-state index contributed by atoms with van der Waals surface area (Å²) >= 11 is 1.65. The largest absolute Gasteiger partial charge is 0.372 e. The highest BCUT2D eigenvalue weighted by Gasteiger charge is 2.12. The predicted octanol–water partition coefficient (Wildman–Crippen LogP) is 5.72. The van der Waals surface area contributed by atoms with Crippen molar-refractivity contribution in [3.63, 3.8) is 0 Å². The van der Waals surface area contributed by atoms with Crippen LogP contribution in [0, 0.1) is 0 Å². The third kappa shape index (κ3) is 3.69. The monoisotopic (exact) mass is 349 g/mol. The molecule has 4 rings (SSSR count). The first kappa shape index (κ1) is 16.2. The molecule has 1 fully saturated rings. The van der Waals surface area contributed by atoms with Gasteiger partial charge >= 0.3 is 0 Å². The highest BCUT2D eigenvalue weighted by Crippen LogP contribution is 2.29. The molecule has 1 aliphatic rings. The summed E-state index contributed by atoms with van der Waals surface area (Å²) in [7, 11) is 0. The van der Waals surface area contributed by atoms with Gasteiger partial charge < -0.3 is 10.2 Å². The van der Waals surface area contributed by atoms with Gasteiger partial charge in [0.05, 0.1) is 5.69 Å². The molecule has 0 atom stereocenters. The molecule has 4 heteroatoms. The number of aromatic nitrogens is 1. The molecule has 0 amide bonds. The predicted molar refractivity (Wildman–Crippen MR) is 108 cm³/mol. The van der Waals surface area contributed by atoms with Gasteiger partial charge in [-0.2, -0.15) is 0 Å². The lowest BCUT2D eigenvalue weighted by Crippen LogP contribution is -2.17. The minimum absolute atomic E-state index is 0.933. The smallest absolute Gasteiger partial charge is 0.187 e. The van der Waals surface area contributed by atoms with Gasteiger partial charge in [0.2, 0.25) is 0 Å². The fourth-order valence-corrected chi connectivity index (χ4v) is 3.97. The van der Waals surface area contributed by atoms with Gasteiger partial charge in [-0.1, -0.05) is 31.2 Å². The number of rotatable bonds is 5. The molecule has 0 radical (unpaired) electrons. The van der Waals surface area contributed by atoms with E-state index in [9.17, 15) is 0 Å². The van der Waals surface area contributed by atoms with Crippen molar-refractivity contribution in [2.24, 2.45) is 0 Å². The fraction of sp³-hybridized carbons (Fsp3) is 0.286. The van der Waals surface area contributed by atoms with Crippen LogP contribution in [0.2, 0.25) is 0 Å². The van der Waals surface area contributed by atoms with E-state index in [1.807, 2.05) is 0 Å².